The lowest BCUT2D eigenvalue weighted by Crippen LogP contribution is -2.54. The molecule has 2 amide bonds. The van der Waals surface area contributed by atoms with Gasteiger partial charge in [-0.2, -0.15) is 0 Å². The van der Waals surface area contributed by atoms with Crippen LogP contribution in [0.15, 0.2) is 0 Å². The Hall–Kier alpha value is -1.26. The molecule has 0 unspecified atom stereocenters. The van der Waals surface area contributed by atoms with Gasteiger partial charge in [-0.25, -0.2) is 4.79 Å². The van der Waals surface area contributed by atoms with E-state index in [4.69, 9.17) is 5.11 Å². The topological polar surface area (TPSA) is 60.9 Å². The van der Waals surface area contributed by atoms with E-state index in [2.05, 4.69) is 0 Å². The van der Waals surface area contributed by atoms with E-state index in [0.29, 0.717) is 18.5 Å². The lowest BCUT2D eigenvalue weighted by molar-refractivity contribution is -0.137. The standard InChI is InChI=1S/C14H24N2O3/c1-2-15(10-13(17)18)14(19)16-9-5-7-11-6-3-4-8-12(11)16/h11-12H,2-10H2,1H3,(H,17,18)/t11-,12-/m1/s1. The number of hydrogen-bond donors (Lipinski definition) is 1. The normalized spacial score (nSPS) is 26.7. The van der Waals surface area contributed by atoms with Gasteiger partial charge in [0, 0.05) is 19.1 Å². The molecule has 5 heteroatoms. The molecular formula is C14H24N2O3. The van der Waals surface area contributed by atoms with Crippen LogP contribution in [0.3, 0.4) is 0 Å². The molecule has 108 valence electrons. The van der Waals surface area contributed by atoms with Crippen LogP contribution in [0, 0.1) is 5.92 Å². The predicted octanol–water partition coefficient (Wildman–Crippen LogP) is 2.17. The summed E-state index contributed by atoms with van der Waals surface area (Å²) in [5, 5.41) is 8.88. The highest BCUT2D eigenvalue weighted by Gasteiger charge is 2.37. The molecule has 0 aromatic rings. The number of likely N-dealkylation sites (N-methyl/N-ethyl adjacent to an activating group) is 1. The maximum atomic E-state index is 12.5. The number of hydrogen-bond acceptors (Lipinski definition) is 2. The van der Waals surface area contributed by atoms with E-state index in [1.165, 1.54) is 30.6 Å². The van der Waals surface area contributed by atoms with Gasteiger partial charge in [0.1, 0.15) is 6.54 Å². The average Bonchev–Trinajstić information content (AvgIpc) is 2.43. The largest absolute Gasteiger partial charge is 0.480 e. The summed E-state index contributed by atoms with van der Waals surface area (Å²) in [6.07, 6.45) is 7.05. The summed E-state index contributed by atoms with van der Waals surface area (Å²) in [7, 11) is 0. The Kier molecular flexibility index (Phi) is 4.66. The van der Waals surface area contributed by atoms with Crippen LogP contribution < -0.4 is 0 Å². The fourth-order valence-electron chi connectivity index (χ4n) is 3.52. The maximum Gasteiger partial charge on any atom is 0.323 e. The van der Waals surface area contributed by atoms with Gasteiger partial charge in [0.2, 0.25) is 0 Å². The molecule has 2 rings (SSSR count). The number of rotatable bonds is 3. The van der Waals surface area contributed by atoms with Crippen LogP contribution in [-0.4, -0.2) is 52.6 Å². The van der Waals surface area contributed by atoms with Crippen molar-refractivity contribution in [1.29, 1.82) is 0 Å². The number of fused-ring (bicyclic) bond motifs is 1. The van der Waals surface area contributed by atoms with Gasteiger partial charge in [-0.15, -0.1) is 0 Å². The number of carbonyl (C=O) groups excluding carboxylic acids is 1. The summed E-state index contributed by atoms with van der Waals surface area (Å²) in [4.78, 5) is 26.7. The third kappa shape index (κ3) is 3.19. The van der Waals surface area contributed by atoms with Crippen molar-refractivity contribution in [2.45, 2.75) is 51.5 Å². The average molecular weight is 268 g/mol. The van der Waals surface area contributed by atoms with Gasteiger partial charge in [-0.3, -0.25) is 4.79 Å². The summed E-state index contributed by atoms with van der Waals surface area (Å²) >= 11 is 0. The number of likely N-dealkylation sites (tertiary alicyclic amines) is 1. The zero-order chi connectivity index (χ0) is 13.8. The molecule has 1 N–H and O–H groups in total. The van der Waals surface area contributed by atoms with Crippen molar-refractivity contribution in [3.05, 3.63) is 0 Å². The van der Waals surface area contributed by atoms with Gasteiger partial charge >= 0.3 is 12.0 Å². The number of urea groups is 1. The lowest BCUT2D eigenvalue weighted by atomic mass is 9.78. The van der Waals surface area contributed by atoms with Gasteiger partial charge in [0.05, 0.1) is 0 Å². The molecule has 2 atom stereocenters. The number of carboxylic acid groups (broad SMARTS) is 1. The third-order valence-electron chi connectivity index (χ3n) is 4.47. The smallest absolute Gasteiger partial charge is 0.323 e. The van der Waals surface area contributed by atoms with E-state index in [9.17, 15) is 9.59 Å². The van der Waals surface area contributed by atoms with Crippen LogP contribution >= 0.6 is 0 Å². The van der Waals surface area contributed by atoms with Crippen molar-refractivity contribution in [3.63, 3.8) is 0 Å². The highest BCUT2D eigenvalue weighted by atomic mass is 16.4. The Morgan fingerprint density at radius 2 is 1.89 bits per heavy atom. The van der Waals surface area contributed by atoms with Crippen LogP contribution in [0.5, 0.6) is 0 Å². The molecule has 0 radical (unpaired) electrons. The number of aliphatic carboxylic acids is 1. The summed E-state index contributed by atoms with van der Waals surface area (Å²) in [6, 6.07) is 0.263. The van der Waals surface area contributed by atoms with E-state index in [1.54, 1.807) is 0 Å². The van der Waals surface area contributed by atoms with E-state index >= 15 is 0 Å². The van der Waals surface area contributed by atoms with E-state index < -0.39 is 5.97 Å². The summed E-state index contributed by atoms with van der Waals surface area (Å²) in [5.74, 6) is -0.303. The van der Waals surface area contributed by atoms with Crippen molar-refractivity contribution < 1.29 is 14.7 Å². The predicted molar refractivity (Wildman–Crippen MR) is 72.0 cm³/mol. The minimum absolute atomic E-state index is 0.0819. The van der Waals surface area contributed by atoms with Gasteiger partial charge in [-0.05, 0) is 38.5 Å². The molecule has 0 aromatic heterocycles. The number of carbonyl (C=O) groups is 2. The number of nitrogens with zero attached hydrogens (tertiary/aromatic N) is 2. The quantitative estimate of drug-likeness (QED) is 0.853. The van der Waals surface area contributed by atoms with Gasteiger partial charge in [0.25, 0.3) is 0 Å². The Bertz CT molecular complexity index is 344. The second-order valence-electron chi connectivity index (χ2n) is 5.64. The maximum absolute atomic E-state index is 12.5. The number of amides is 2. The van der Waals surface area contributed by atoms with Gasteiger partial charge in [-0.1, -0.05) is 12.8 Å². The first-order valence-electron chi connectivity index (χ1n) is 7.40. The monoisotopic (exact) mass is 268 g/mol. The third-order valence-corrected chi connectivity index (χ3v) is 4.47. The fraction of sp³-hybridized carbons (Fsp3) is 0.857. The zero-order valence-corrected chi connectivity index (χ0v) is 11.7. The van der Waals surface area contributed by atoms with Crippen LogP contribution in [0.25, 0.3) is 0 Å². The van der Waals surface area contributed by atoms with Crippen molar-refractivity contribution in [3.8, 4) is 0 Å². The van der Waals surface area contributed by atoms with E-state index in [-0.39, 0.29) is 12.6 Å². The molecule has 19 heavy (non-hydrogen) atoms. The summed E-state index contributed by atoms with van der Waals surface area (Å²) < 4.78 is 0. The first-order chi connectivity index (χ1) is 9.13. The Morgan fingerprint density at radius 1 is 1.21 bits per heavy atom. The van der Waals surface area contributed by atoms with Crippen LogP contribution in [0.2, 0.25) is 0 Å². The van der Waals surface area contributed by atoms with Crippen molar-refractivity contribution in [2.24, 2.45) is 5.92 Å². The second-order valence-corrected chi connectivity index (χ2v) is 5.64. The fourth-order valence-corrected chi connectivity index (χ4v) is 3.52. The molecule has 1 saturated carbocycles. The number of piperidine rings is 1. The molecule has 0 bridgehead atoms. The molecule has 2 fully saturated rings. The minimum Gasteiger partial charge on any atom is -0.480 e. The van der Waals surface area contributed by atoms with Crippen molar-refractivity contribution in [1.82, 2.24) is 9.80 Å². The molecule has 0 spiro atoms. The number of carboxylic acids is 1. The zero-order valence-electron chi connectivity index (χ0n) is 11.7. The first-order valence-corrected chi connectivity index (χ1v) is 7.40. The molecule has 1 saturated heterocycles. The Morgan fingerprint density at radius 3 is 2.58 bits per heavy atom. The highest BCUT2D eigenvalue weighted by molar-refractivity contribution is 5.80. The molecule has 5 nitrogen and oxygen atoms in total. The Balaban J connectivity index is 2.05. The SMILES string of the molecule is CCN(CC(=O)O)C(=O)N1CCC[C@H]2CCCC[C@H]21. The Labute approximate surface area is 114 Å². The minimum atomic E-state index is -0.938. The van der Waals surface area contributed by atoms with Crippen LogP contribution in [-0.2, 0) is 4.79 Å². The van der Waals surface area contributed by atoms with Gasteiger partial charge in [0.15, 0.2) is 0 Å². The molecule has 1 heterocycles. The van der Waals surface area contributed by atoms with Gasteiger partial charge < -0.3 is 14.9 Å². The van der Waals surface area contributed by atoms with Crippen LogP contribution in [0.4, 0.5) is 4.79 Å². The first kappa shape index (κ1) is 14.2. The molecule has 0 aromatic carbocycles. The molecule has 1 aliphatic carbocycles. The lowest BCUT2D eigenvalue weighted by Gasteiger charge is -2.45. The molecular weight excluding hydrogens is 244 g/mol. The van der Waals surface area contributed by atoms with Crippen molar-refractivity contribution >= 4 is 12.0 Å². The second kappa shape index (κ2) is 6.26. The van der Waals surface area contributed by atoms with Crippen molar-refractivity contribution in [2.75, 3.05) is 19.6 Å². The molecule has 2 aliphatic rings. The summed E-state index contributed by atoms with van der Waals surface area (Å²) in [5.41, 5.74) is 0. The van der Waals surface area contributed by atoms with E-state index in [1.807, 2.05) is 11.8 Å². The molecule has 1 aliphatic heterocycles. The summed E-state index contributed by atoms with van der Waals surface area (Å²) in [6.45, 7) is 2.89. The van der Waals surface area contributed by atoms with Crippen LogP contribution in [0.1, 0.15) is 45.4 Å². The highest BCUT2D eigenvalue weighted by Crippen LogP contribution is 2.35. The van der Waals surface area contributed by atoms with E-state index in [0.717, 1.165) is 19.4 Å².